The molecule has 17 heavy (non-hydrogen) atoms. The van der Waals surface area contributed by atoms with Crippen LogP contribution in [-0.2, 0) is 20.3 Å². The number of methoxy groups -OCH3 is 1. The molecule has 1 atom stereocenters. The summed E-state index contributed by atoms with van der Waals surface area (Å²) in [7, 11) is 0.191. The van der Waals surface area contributed by atoms with Gasteiger partial charge in [0.15, 0.2) is 0 Å². The number of benzene rings is 1. The van der Waals surface area contributed by atoms with Crippen LogP contribution in [0.3, 0.4) is 0 Å². The lowest BCUT2D eigenvalue weighted by molar-refractivity contribution is -0.144. The van der Waals surface area contributed by atoms with Crippen molar-refractivity contribution < 1.29 is 18.5 Å². The van der Waals surface area contributed by atoms with Gasteiger partial charge in [-0.25, -0.2) is 0 Å². The van der Waals surface area contributed by atoms with Gasteiger partial charge in [-0.15, -0.1) is 0 Å². The van der Waals surface area contributed by atoms with Gasteiger partial charge in [-0.2, -0.15) is 0 Å². The molecule has 0 aromatic heterocycles. The van der Waals surface area contributed by atoms with Crippen molar-refractivity contribution in [1.82, 2.24) is 0 Å². The molecule has 0 saturated carbocycles. The highest BCUT2D eigenvalue weighted by molar-refractivity contribution is 7.85. The standard InChI is InChI=1S/C12H16O4S/c1-9(2)16-12(13)8-17(14)11-6-4-10(15-3)5-7-11/h4-7,9H,8H2,1-3H3. The molecule has 0 bridgehead atoms. The van der Waals surface area contributed by atoms with E-state index in [0.29, 0.717) is 10.6 Å². The first-order valence-electron chi connectivity index (χ1n) is 5.25. The molecule has 5 heteroatoms. The van der Waals surface area contributed by atoms with E-state index in [0.717, 1.165) is 0 Å². The first kappa shape index (κ1) is 13.7. The van der Waals surface area contributed by atoms with Crippen molar-refractivity contribution in [3.8, 4) is 5.75 Å². The summed E-state index contributed by atoms with van der Waals surface area (Å²) < 4.78 is 21.7. The van der Waals surface area contributed by atoms with Crippen LogP contribution >= 0.6 is 0 Å². The summed E-state index contributed by atoms with van der Waals surface area (Å²) >= 11 is 0. The molecule has 0 aliphatic carbocycles. The topological polar surface area (TPSA) is 52.6 Å². The lowest BCUT2D eigenvalue weighted by atomic mass is 10.3. The van der Waals surface area contributed by atoms with Crippen molar-refractivity contribution in [2.45, 2.75) is 24.8 Å². The molecule has 0 N–H and O–H groups in total. The molecular formula is C12H16O4S. The van der Waals surface area contributed by atoms with Crippen LogP contribution in [0.4, 0.5) is 0 Å². The lowest BCUT2D eigenvalue weighted by Gasteiger charge is -2.07. The maximum Gasteiger partial charge on any atom is 0.319 e. The van der Waals surface area contributed by atoms with Gasteiger partial charge in [0.2, 0.25) is 0 Å². The zero-order valence-electron chi connectivity index (χ0n) is 10.1. The summed E-state index contributed by atoms with van der Waals surface area (Å²) in [6.45, 7) is 3.52. The number of hydrogen-bond acceptors (Lipinski definition) is 4. The Morgan fingerprint density at radius 2 is 1.88 bits per heavy atom. The Bertz CT molecular complexity index is 397. The van der Waals surface area contributed by atoms with E-state index < -0.39 is 16.8 Å². The third kappa shape index (κ3) is 4.56. The first-order valence-corrected chi connectivity index (χ1v) is 6.56. The van der Waals surface area contributed by atoms with E-state index in [-0.39, 0.29) is 11.9 Å². The fraction of sp³-hybridized carbons (Fsp3) is 0.417. The van der Waals surface area contributed by atoms with Crippen LogP contribution in [0.2, 0.25) is 0 Å². The van der Waals surface area contributed by atoms with E-state index in [9.17, 15) is 9.00 Å². The van der Waals surface area contributed by atoms with E-state index >= 15 is 0 Å². The number of carbonyl (C=O) groups excluding carboxylic acids is 1. The van der Waals surface area contributed by atoms with Gasteiger partial charge in [-0.1, -0.05) is 0 Å². The van der Waals surface area contributed by atoms with Gasteiger partial charge in [0.25, 0.3) is 0 Å². The summed E-state index contributed by atoms with van der Waals surface area (Å²) in [5.74, 6) is 0.120. The van der Waals surface area contributed by atoms with Crippen molar-refractivity contribution in [3.63, 3.8) is 0 Å². The number of esters is 1. The number of carbonyl (C=O) groups is 1. The Morgan fingerprint density at radius 1 is 1.29 bits per heavy atom. The van der Waals surface area contributed by atoms with Gasteiger partial charge in [0, 0.05) is 4.90 Å². The first-order chi connectivity index (χ1) is 8.02. The molecule has 1 unspecified atom stereocenters. The molecule has 0 radical (unpaired) electrons. The van der Waals surface area contributed by atoms with Crippen molar-refractivity contribution >= 4 is 16.8 Å². The van der Waals surface area contributed by atoms with Crippen LogP contribution in [0.1, 0.15) is 13.8 Å². The quantitative estimate of drug-likeness (QED) is 0.753. The molecule has 1 rings (SSSR count). The normalized spacial score (nSPS) is 12.2. The molecule has 94 valence electrons. The fourth-order valence-electron chi connectivity index (χ4n) is 1.21. The summed E-state index contributed by atoms with van der Waals surface area (Å²) in [6.07, 6.45) is -0.185. The Morgan fingerprint density at radius 3 is 2.35 bits per heavy atom. The molecule has 0 amide bonds. The average molecular weight is 256 g/mol. The van der Waals surface area contributed by atoms with Gasteiger partial charge >= 0.3 is 5.97 Å². The Kier molecular flexibility index (Phi) is 5.15. The molecule has 0 saturated heterocycles. The number of ether oxygens (including phenoxy) is 2. The van der Waals surface area contributed by atoms with Gasteiger partial charge < -0.3 is 9.47 Å². The van der Waals surface area contributed by atoms with E-state index in [4.69, 9.17) is 9.47 Å². The van der Waals surface area contributed by atoms with Crippen molar-refractivity contribution in [2.24, 2.45) is 0 Å². The fourth-order valence-corrected chi connectivity index (χ4v) is 2.10. The minimum atomic E-state index is -1.37. The largest absolute Gasteiger partial charge is 0.497 e. The van der Waals surface area contributed by atoms with Gasteiger partial charge in [-0.05, 0) is 38.1 Å². The van der Waals surface area contributed by atoms with E-state index in [2.05, 4.69) is 0 Å². The minimum Gasteiger partial charge on any atom is -0.497 e. The van der Waals surface area contributed by atoms with Crippen LogP contribution in [0.15, 0.2) is 29.2 Å². The smallest absolute Gasteiger partial charge is 0.319 e. The predicted octanol–water partition coefficient (Wildman–Crippen LogP) is 1.75. The zero-order chi connectivity index (χ0) is 12.8. The summed E-state index contributed by atoms with van der Waals surface area (Å²) in [5, 5.41) is 0. The minimum absolute atomic E-state index is 0.121. The molecule has 0 spiro atoms. The van der Waals surface area contributed by atoms with Crippen molar-refractivity contribution in [1.29, 1.82) is 0 Å². The SMILES string of the molecule is COc1ccc(S(=O)CC(=O)OC(C)C)cc1. The molecule has 0 fully saturated rings. The average Bonchev–Trinajstić information content (AvgIpc) is 2.28. The highest BCUT2D eigenvalue weighted by Crippen LogP contribution is 2.14. The second-order valence-corrected chi connectivity index (χ2v) is 5.16. The molecule has 0 aliphatic rings. The van der Waals surface area contributed by atoms with E-state index in [1.165, 1.54) is 0 Å². The molecule has 0 heterocycles. The highest BCUT2D eigenvalue weighted by Gasteiger charge is 2.12. The van der Waals surface area contributed by atoms with Gasteiger partial charge in [0.05, 0.1) is 24.0 Å². The zero-order valence-corrected chi connectivity index (χ0v) is 11.0. The number of rotatable bonds is 5. The Balaban J connectivity index is 2.60. The highest BCUT2D eigenvalue weighted by atomic mass is 32.2. The molecule has 0 aliphatic heterocycles. The molecule has 1 aromatic carbocycles. The van der Waals surface area contributed by atoms with Crippen molar-refractivity contribution in [3.05, 3.63) is 24.3 Å². The lowest BCUT2D eigenvalue weighted by Crippen LogP contribution is -2.18. The van der Waals surface area contributed by atoms with E-state index in [1.807, 2.05) is 0 Å². The predicted molar refractivity (Wildman–Crippen MR) is 65.5 cm³/mol. The van der Waals surface area contributed by atoms with Gasteiger partial charge in [0.1, 0.15) is 11.5 Å². The third-order valence-corrected chi connectivity index (χ3v) is 3.23. The van der Waals surface area contributed by atoms with E-state index in [1.54, 1.807) is 45.2 Å². The second-order valence-electron chi connectivity index (χ2n) is 3.70. The third-order valence-electron chi connectivity index (χ3n) is 1.94. The maximum atomic E-state index is 11.8. The monoisotopic (exact) mass is 256 g/mol. The van der Waals surface area contributed by atoms with Crippen LogP contribution in [0, 0.1) is 0 Å². The maximum absolute atomic E-state index is 11.8. The Hall–Kier alpha value is -1.36. The van der Waals surface area contributed by atoms with Crippen LogP contribution in [0.5, 0.6) is 5.75 Å². The second kappa shape index (κ2) is 6.39. The summed E-state index contributed by atoms with van der Waals surface area (Å²) in [5.41, 5.74) is 0. The Labute approximate surface area is 103 Å². The van der Waals surface area contributed by atoms with Crippen molar-refractivity contribution in [2.75, 3.05) is 12.9 Å². The van der Waals surface area contributed by atoms with Crippen LogP contribution < -0.4 is 4.74 Å². The van der Waals surface area contributed by atoms with Crippen LogP contribution in [0.25, 0.3) is 0 Å². The van der Waals surface area contributed by atoms with Gasteiger partial charge in [-0.3, -0.25) is 9.00 Å². The summed E-state index contributed by atoms with van der Waals surface area (Å²) in [4.78, 5) is 11.9. The summed E-state index contributed by atoms with van der Waals surface area (Å²) in [6, 6.07) is 6.78. The molecule has 1 aromatic rings. The molecular weight excluding hydrogens is 240 g/mol. The van der Waals surface area contributed by atoms with Crippen LogP contribution in [-0.4, -0.2) is 29.1 Å². The number of hydrogen-bond donors (Lipinski definition) is 0. The molecule has 4 nitrogen and oxygen atoms in total.